The van der Waals surface area contributed by atoms with Gasteiger partial charge in [0.05, 0.1) is 0 Å². The van der Waals surface area contributed by atoms with E-state index in [4.69, 9.17) is 28.1 Å². The molecule has 0 amide bonds. The second kappa shape index (κ2) is 14.9. The predicted octanol–water partition coefficient (Wildman–Crippen LogP) is 2.18. The van der Waals surface area contributed by atoms with Gasteiger partial charge in [-0.3, -0.25) is 19.2 Å². The van der Waals surface area contributed by atoms with Crippen LogP contribution in [0.3, 0.4) is 0 Å². The fourth-order valence-corrected chi connectivity index (χ4v) is 3.00. The number of rotatable bonds is 5. The van der Waals surface area contributed by atoms with E-state index < -0.39 is 20.0 Å². The van der Waals surface area contributed by atoms with Crippen LogP contribution in [0.1, 0.15) is 40.5 Å². The first kappa shape index (κ1) is 23.3. The SMILES string of the molecule is CC(=[OH+])CC(C)=[OH+].CC(=[OH+])CC(C)=[OH+].[Cl][Sn][c]1ccccc1. The van der Waals surface area contributed by atoms with Crippen molar-refractivity contribution >= 4 is 55.6 Å². The van der Waals surface area contributed by atoms with E-state index in [1.807, 2.05) is 18.2 Å². The summed E-state index contributed by atoms with van der Waals surface area (Å²) in [6.07, 6.45) is 0.611. The molecule has 0 aliphatic carbocycles. The Morgan fingerprint density at radius 3 is 1.23 bits per heavy atom. The summed E-state index contributed by atoms with van der Waals surface area (Å²) in [4.78, 5) is 33.8. The van der Waals surface area contributed by atoms with Gasteiger partial charge >= 0.3 is 86.0 Å². The average molecular weight is 436 g/mol. The molecule has 0 spiro atoms. The number of hydrogen-bond acceptors (Lipinski definition) is 0. The van der Waals surface area contributed by atoms with Crippen molar-refractivity contribution in [2.45, 2.75) is 40.5 Å². The summed E-state index contributed by atoms with van der Waals surface area (Å²) in [5.74, 6) is 1.00. The Morgan fingerprint density at radius 2 is 1.09 bits per heavy atom. The zero-order valence-electron chi connectivity index (χ0n) is 13.5. The Bertz CT molecular complexity index is 436. The van der Waals surface area contributed by atoms with Gasteiger partial charge in [-0.15, -0.1) is 0 Å². The van der Waals surface area contributed by atoms with Crippen LogP contribution in [-0.2, 0) is 0 Å². The van der Waals surface area contributed by atoms with Crippen LogP contribution in [0.25, 0.3) is 0 Å². The normalized spacial score (nSPS) is 8.59. The summed E-state index contributed by atoms with van der Waals surface area (Å²) in [6, 6.07) is 10.2. The quantitative estimate of drug-likeness (QED) is 0.386. The number of ketones is 4. The van der Waals surface area contributed by atoms with E-state index in [-0.39, 0.29) is 23.1 Å². The first-order chi connectivity index (χ1) is 10.2. The molecule has 0 saturated heterocycles. The molecule has 0 fully saturated rings. The molecule has 0 unspecified atom stereocenters. The molecule has 120 valence electrons. The van der Waals surface area contributed by atoms with E-state index in [9.17, 15) is 0 Å². The van der Waals surface area contributed by atoms with Gasteiger partial charge in [0.15, 0.2) is 12.8 Å². The Kier molecular flexibility index (Phi) is 15.8. The first-order valence-electron chi connectivity index (χ1n) is 6.66. The fourth-order valence-electron chi connectivity index (χ4n) is 1.24. The van der Waals surface area contributed by atoms with Crippen LogP contribution in [0.2, 0.25) is 0 Å². The Labute approximate surface area is 145 Å². The van der Waals surface area contributed by atoms with Crippen molar-refractivity contribution in [3.05, 3.63) is 30.3 Å². The topological polar surface area (TPSA) is 85.6 Å². The van der Waals surface area contributed by atoms with E-state index in [2.05, 4.69) is 12.1 Å². The van der Waals surface area contributed by atoms with Gasteiger partial charge in [0.2, 0.25) is 0 Å². The molecule has 4 N–H and O–H groups in total. The summed E-state index contributed by atoms with van der Waals surface area (Å²) < 4.78 is 1.35. The second-order valence-electron chi connectivity index (χ2n) is 4.76. The molecule has 0 atom stereocenters. The molecule has 0 saturated carbocycles. The Hall–Kier alpha value is -1.01. The Balaban J connectivity index is 0. The molecule has 2 radical (unpaired) electrons. The summed E-state index contributed by atoms with van der Waals surface area (Å²) in [6.45, 7) is 6.22. The molecule has 1 aromatic carbocycles. The van der Waals surface area contributed by atoms with Gasteiger partial charge in [-0.1, -0.05) is 0 Å². The Morgan fingerprint density at radius 1 is 0.773 bits per heavy atom. The third-order valence-corrected chi connectivity index (χ3v) is 4.94. The number of benzene rings is 1. The third kappa shape index (κ3) is 21.3. The molecule has 4 nitrogen and oxygen atoms in total. The van der Waals surface area contributed by atoms with Crippen LogP contribution >= 0.6 is 8.92 Å². The molecule has 1 rings (SSSR count). The van der Waals surface area contributed by atoms with Crippen molar-refractivity contribution in [3.63, 3.8) is 0 Å². The van der Waals surface area contributed by atoms with Crippen LogP contribution < -0.4 is 3.58 Å². The maximum absolute atomic E-state index is 8.46. The van der Waals surface area contributed by atoms with Gasteiger partial charge in [-0.05, 0) is 0 Å². The van der Waals surface area contributed by atoms with E-state index in [0.29, 0.717) is 12.8 Å². The van der Waals surface area contributed by atoms with Crippen molar-refractivity contribution in [1.29, 1.82) is 0 Å². The summed E-state index contributed by atoms with van der Waals surface area (Å²) in [5.41, 5.74) is 0. The third-order valence-electron chi connectivity index (χ3n) is 1.91. The number of carbonyl (C=O) groups excluding carboxylic acids is 4. The van der Waals surface area contributed by atoms with E-state index in [0.717, 1.165) is 0 Å². The zero-order chi connectivity index (χ0) is 17.5. The molecule has 1 aromatic rings. The van der Waals surface area contributed by atoms with Crippen LogP contribution in [-0.4, -0.2) is 62.3 Å². The zero-order valence-corrected chi connectivity index (χ0v) is 17.1. The van der Waals surface area contributed by atoms with Gasteiger partial charge in [0.1, 0.15) is 0 Å². The molecule has 0 aromatic heterocycles. The maximum atomic E-state index is 8.46. The van der Waals surface area contributed by atoms with Gasteiger partial charge < -0.3 is 0 Å². The second-order valence-corrected chi connectivity index (χ2v) is 8.21. The number of hydrogen-bond donors (Lipinski definition) is 0. The van der Waals surface area contributed by atoms with E-state index >= 15 is 0 Å². The predicted molar refractivity (Wildman–Crippen MR) is 97.4 cm³/mol. The molecule has 0 bridgehead atoms. The molecular formula is C16H25ClO4Sn+4. The minimum absolute atomic E-state index is 0.250. The first-order valence-corrected chi connectivity index (χ1v) is 11.7. The van der Waals surface area contributed by atoms with Gasteiger partial charge in [-0.25, -0.2) is 0 Å². The average Bonchev–Trinajstić information content (AvgIpc) is 2.38. The standard InChI is InChI=1S/C6H5.2C5H8O2.ClH.Sn/c1-2-4-6-5-3-1;2*1-4(6)3-5(2)7;;/h1-5H;2*3H2,1-2H3;1H;/q;;;;+1/p+3. The van der Waals surface area contributed by atoms with Crippen molar-refractivity contribution in [3.8, 4) is 0 Å². The van der Waals surface area contributed by atoms with Crippen molar-refractivity contribution < 1.29 is 19.2 Å². The molecule has 22 heavy (non-hydrogen) atoms. The van der Waals surface area contributed by atoms with Crippen molar-refractivity contribution in [2.75, 3.05) is 0 Å². The van der Waals surface area contributed by atoms with Crippen molar-refractivity contribution in [2.24, 2.45) is 0 Å². The molecule has 0 heterocycles. The van der Waals surface area contributed by atoms with E-state index in [1.165, 1.54) is 3.58 Å². The van der Waals surface area contributed by atoms with Crippen LogP contribution in [0.15, 0.2) is 30.3 Å². The van der Waals surface area contributed by atoms with Gasteiger partial charge in [-0.2, -0.15) is 0 Å². The molecule has 0 aliphatic heterocycles. The molecule has 0 aliphatic rings. The minimum atomic E-state index is -0.671. The van der Waals surface area contributed by atoms with Gasteiger partial charge in [0.25, 0.3) is 0 Å². The molecule has 6 heteroatoms. The van der Waals surface area contributed by atoms with E-state index in [1.54, 1.807) is 27.7 Å². The number of halogens is 1. The van der Waals surface area contributed by atoms with Crippen molar-refractivity contribution in [1.82, 2.24) is 0 Å². The van der Waals surface area contributed by atoms with Gasteiger partial charge in [0, 0.05) is 27.7 Å². The molecular weight excluding hydrogens is 410 g/mol. The van der Waals surface area contributed by atoms with Crippen LogP contribution in [0.4, 0.5) is 0 Å². The summed E-state index contributed by atoms with van der Waals surface area (Å²) in [5, 5.41) is 0. The fraction of sp³-hybridized carbons (Fsp3) is 0.375. The van der Waals surface area contributed by atoms with Crippen LogP contribution in [0, 0.1) is 0 Å². The van der Waals surface area contributed by atoms with Crippen LogP contribution in [0.5, 0.6) is 0 Å². The summed E-state index contributed by atoms with van der Waals surface area (Å²) >= 11 is -0.671. The summed E-state index contributed by atoms with van der Waals surface area (Å²) in [7, 11) is 5.70. The monoisotopic (exact) mass is 436 g/mol.